The van der Waals surface area contributed by atoms with Crippen LogP contribution in [0.25, 0.3) is 5.65 Å². The number of aryl methyl sites for hydroxylation is 2. The first-order valence-corrected chi connectivity index (χ1v) is 7.81. The van der Waals surface area contributed by atoms with Crippen molar-refractivity contribution < 1.29 is 0 Å². The Kier molecular flexibility index (Phi) is 3.33. The zero-order valence-corrected chi connectivity index (χ0v) is 13.3. The summed E-state index contributed by atoms with van der Waals surface area (Å²) >= 11 is 0. The van der Waals surface area contributed by atoms with Crippen molar-refractivity contribution >= 4 is 17.3 Å². The Labute approximate surface area is 134 Å². The fourth-order valence-electron chi connectivity index (χ4n) is 2.94. The van der Waals surface area contributed by atoms with Crippen molar-refractivity contribution in [2.45, 2.75) is 13.8 Å². The van der Waals surface area contributed by atoms with Crippen molar-refractivity contribution in [3.63, 3.8) is 0 Å². The summed E-state index contributed by atoms with van der Waals surface area (Å²) in [6.45, 7) is 7.69. The molecule has 0 atom stereocenters. The lowest BCUT2D eigenvalue weighted by Crippen LogP contribution is -2.47. The normalized spacial score (nSPS) is 15.4. The fraction of sp³-hybridized carbons (Fsp3) is 0.375. The summed E-state index contributed by atoms with van der Waals surface area (Å²) in [5, 5.41) is 4.67. The smallest absolute Gasteiger partial charge is 0.153 e. The Morgan fingerprint density at radius 3 is 2.35 bits per heavy atom. The van der Waals surface area contributed by atoms with Crippen LogP contribution < -0.4 is 9.80 Å². The highest BCUT2D eigenvalue weighted by molar-refractivity contribution is 5.48. The number of piperazine rings is 1. The first-order valence-electron chi connectivity index (χ1n) is 7.81. The molecule has 7 heteroatoms. The molecule has 4 rings (SSSR count). The van der Waals surface area contributed by atoms with Crippen LogP contribution in [0.4, 0.5) is 11.6 Å². The van der Waals surface area contributed by atoms with Crippen molar-refractivity contribution in [3.8, 4) is 0 Å². The second-order valence-electron chi connectivity index (χ2n) is 5.87. The monoisotopic (exact) mass is 309 g/mol. The van der Waals surface area contributed by atoms with Gasteiger partial charge in [-0.05, 0) is 26.0 Å². The zero-order valence-electron chi connectivity index (χ0n) is 13.3. The van der Waals surface area contributed by atoms with Gasteiger partial charge >= 0.3 is 0 Å². The molecule has 0 saturated carbocycles. The second-order valence-corrected chi connectivity index (χ2v) is 5.87. The summed E-state index contributed by atoms with van der Waals surface area (Å²) in [5.74, 6) is 2.00. The third kappa shape index (κ3) is 2.69. The molecule has 0 aliphatic carbocycles. The van der Waals surface area contributed by atoms with Gasteiger partial charge in [-0.15, -0.1) is 5.10 Å². The number of imidazole rings is 1. The summed E-state index contributed by atoms with van der Waals surface area (Å²) in [7, 11) is 0. The van der Waals surface area contributed by atoms with Gasteiger partial charge in [-0.25, -0.2) is 19.5 Å². The molecule has 4 heterocycles. The molecule has 0 bridgehead atoms. The molecule has 1 aliphatic rings. The van der Waals surface area contributed by atoms with Gasteiger partial charge in [0.05, 0.1) is 11.9 Å². The molecular formula is C16H19N7. The van der Waals surface area contributed by atoms with Gasteiger partial charge in [-0.2, -0.15) is 0 Å². The third-order valence-electron chi connectivity index (χ3n) is 4.14. The highest BCUT2D eigenvalue weighted by atomic mass is 15.4. The summed E-state index contributed by atoms with van der Waals surface area (Å²) in [5.41, 5.74) is 2.87. The maximum Gasteiger partial charge on any atom is 0.153 e. The molecule has 0 aromatic carbocycles. The van der Waals surface area contributed by atoms with E-state index in [2.05, 4.69) is 29.9 Å². The molecule has 0 amide bonds. The molecule has 0 spiro atoms. The lowest BCUT2D eigenvalue weighted by atomic mass is 10.3. The first kappa shape index (κ1) is 13.9. The molecule has 0 unspecified atom stereocenters. The largest absolute Gasteiger partial charge is 0.353 e. The van der Waals surface area contributed by atoms with Crippen molar-refractivity contribution in [1.82, 2.24) is 24.6 Å². The molecule has 3 aromatic rings. The van der Waals surface area contributed by atoms with Gasteiger partial charge in [-0.1, -0.05) is 0 Å². The van der Waals surface area contributed by atoms with E-state index in [0.29, 0.717) is 0 Å². The predicted molar refractivity (Wildman–Crippen MR) is 88.9 cm³/mol. The number of anilines is 2. The first-order chi connectivity index (χ1) is 11.2. The Morgan fingerprint density at radius 1 is 0.870 bits per heavy atom. The third-order valence-corrected chi connectivity index (χ3v) is 4.14. The average molecular weight is 309 g/mol. The van der Waals surface area contributed by atoms with E-state index in [1.165, 1.54) is 0 Å². The molecule has 0 radical (unpaired) electrons. The maximum atomic E-state index is 4.67. The fourth-order valence-corrected chi connectivity index (χ4v) is 2.94. The Morgan fingerprint density at radius 2 is 1.61 bits per heavy atom. The topological polar surface area (TPSA) is 62.5 Å². The van der Waals surface area contributed by atoms with Crippen LogP contribution in [0.15, 0.2) is 30.7 Å². The predicted octanol–water partition coefficient (Wildman–Crippen LogP) is 1.46. The van der Waals surface area contributed by atoms with Crippen LogP contribution >= 0.6 is 0 Å². The van der Waals surface area contributed by atoms with E-state index >= 15 is 0 Å². The molecule has 0 N–H and O–H groups in total. The second kappa shape index (κ2) is 5.49. The number of nitrogens with zero attached hydrogens (tertiary/aromatic N) is 7. The number of rotatable bonds is 2. The molecule has 118 valence electrons. The van der Waals surface area contributed by atoms with E-state index in [1.54, 1.807) is 6.33 Å². The van der Waals surface area contributed by atoms with E-state index in [9.17, 15) is 0 Å². The van der Waals surface area contributed by atoms with Crippen LogP contribution in [0.2, 0.25) is 0 Å². The molecule has 7 nitrogen and oxygen atoms in total. The van der Waals surface area contributed by atoms with Crippen molar-refractivity contribution in [2.24, 2.45) is 0 Å². The summed E-state index contributed by atoms with van der Waals surface area (Å²) in [6, 6.07) is 6.11. The molecular weight excluding hydrogens is 290 g/mol. The molecule has 1 saturated heterocycles. The minimum atomic E-state index is 0.890. The van der Waals surface area contributed by atoms with E-state index in [4.69, 9.17) is 0 Å². The molecule has 1 fully saturated rings. The molecule has 1 aliphatic heterocycles. The number of hydrogen-bond donors (Lipinski definition) is 0. The highest BCUT2D eigenvalue weighted by Gasteiger charge is 2.19. The highest BCUT2D eigenvalue weighted by Crippen LogP contribution is 2.18. The molecule has 23 heavy (non-hydrogen) atoms. The van der Waals surface area contributed by atoms with Crippen LogP contribution in [-0.2, 0) is 0 Å². The van der Waals surface area contributed by atoms with Crippen molar-refractivity contribution in [2.75, 3.05) is 36.0 Å². The lowest BCUT2D eigenvalue weighted by molar-refractivity contribution is 0.635. The van der Waals surface area contributed by atoms with Gasteiger partial charge in [0.1, 0.15) is 18.0 Å². The van der Waals surface area contributed by atoms with Crippen LogP contribution in [-0.4, -0.2) is 50.7 Å². The van der Waals surface area contributed by atoms with E-state index in [-0.39, 0.29) is 0 Å². The minimum Gasteiger partial charge on any atom is -0.353 e. The Balaban J connectivity index is 1.49. The van der Waals surface area contributed by atoms with Crippen molar-refractivity contribution in [3.05, 3.63) is 42.1 Å². The summed E-state index contributed by atoms with van der Waals surface area (Å²) in [6.07, 6.45) is 3.59. The van der Waals surface area contributed by atoms with Crippen LogP contribution in [0.5, 0.6) is 0 Å². The van der Waals surface area contributed by atoms with Gasteiger partial charge in [-0.3, -0.25) is 0 Å². The van der Waals surface area contributed by atoms with Crippen LogP contribution in [0.1, 0.15) is 11.4 Å². The van der Waals surface area contributed by atoms with Gasteiger partial charge in [0.2, 0.25) is 0 Å². The van der Waals surface area contributed by atoms with Gasteiger partial charge < -0.3 is 9.80 Å². The van der Waals surface area contributed by atoms with Gasteiger partial charge in [0.25, 0.3) is 0 Å². The number of hydrogen-bond acceptors (Lipinski definition) is 6. The lowest BCUT2D eigenvalue weighted by Gasteiger charge is -2.35. The van der Waals surface area contributed by atoms with E-state index in [1.807, 2.05) is 42.8 Å². The van der Waals surface area contributed by atoms with Crippen LogP contribution in [0, 0.1) is 13.8 Å². The molecule has 3 aromatic heterocycles. The SMILES string of the molecule is Cc1cc(N2CCN(c3ccc4nc(C)cn4n3)CC2)ncn1. The van der Waals surface area contributed by atoms with Gasteiger partial charge in [0.15, 0.2) is 5.65 Å². The quantitative estimate of drug-likeness (QED) is 0.714. The summed E-state index contributed by atoms with van der Waals surface area (Å²) < 4.78 is 1.85. The number of aromatic nitrogens is 5. The number of fused-ring (bicyclic) bond motifs is 1. The maximum absolute atomic E-state index is 4.67. The standard InChI is InChI=1S/C16H19N7/c1-12-9-16(18-11-17-12)22-7-5-21(6-8-22)15-4-3-14-19-13(2)10-23(14)20-15/h3-4,9-11H,5-8H2,1-2H3. The van der Waals surface area contributed by atoms with Gasteiger partial charge in [0, 0.05) is 37.9 Å². The minimum absolute atomic E-state index is 0.890. The van der Waals surface area contributed by atoms with Crippen molar-refractivity contribution in [1.29, 1.82) is 0 Å². The van der Waals surface area contributed by atoms with E-state index < -0.39 is 0 Å². The van der Waals surface area contributed by atoms with Crippen LogP contribution in [0.3, 0.4) is 0 Å². The average Bonchev–Trinajstić information content (AvgIpc) is 2.94. The van der Waals surface area contributed by atoms with E-state index in [0.717, 1.165) is 54.8 Å². The summed E-state index contributed by atoms with van der Waals surface area (Å²) in [4.78, 5) is 17.6. The Bertz CT molecular complexity index is 833. The Hall–Kier alpha value is -2.70. The zero-order chi connectivity index (χ0) is 15.8.